The highest BCUT2D eigenvalue weighted by Crippen LogP contribution is 2.24. The van der Waals surface area contributed by atoms with E-state index in [1.807, 2.05) is 0 Å². The maximum absolute atomic E-state index is 11.0. The van der Waals surface area contributed by atoms with Gasteiger partial charge in [-0.05, 0) is 12.8 Å². The van der Waals surface area contributed by atoms with Gasteiger partial charge in [-0.3, -0.25) is 14.6 Å². The van der Waals surface area contributed by atoms with E-state index in [1.165, 1.54) is 50.1 Å². The Morgan fingerprint density at radius 2 is 2.00 bits per heavy atom. The molecule has 2 N–H and O–H groups in total. The normalized spacial score (nSPS) is 22.4. The fourth-order valence-electron chi connectivity index (χ4n) is 3.24. The van der Waals surface area contributed by atoms with Gasteiger partial charge < -0.3 is 5.73 Å². The third-order valence-electron chi connectivity index (χ3n) is 4.41. The first-order chi connectivity index (χ1) is 9.72. The van der Waals surface area contributed by atoms with E-state index in [4.69, 9.17) is 5.73 Å². The molecule has 0 unspecified atom stereocenters. The van der Waals surface area contributed by atoms with Crippen LogP contribution in [0.5, 0.6) is 0 Å². The smallest absolute Gasteiger partial charge is 0.268 e. The third-order valence-corrected chi connectivity index (χ3v) is 5.24. The molecule has 1 aliphatic carbocycles. The Kier molecular flexibility index (Phi) is 4.33. The molecule has 5 nitrogen and oxygen atoms in total. The van der Waals surface area contributed by atoms with Gasteiger partial charge in [-0.25, -0.2) is 4.98 Å². The number of hydrogen-bond donors (Lipinski definition) is 1. The zero-order chi connectivity index (χ0) is 13.9. The van der Waals surface area contributed by atoms with Crippen LogP contribution in [-0.2, 0) is 6.54 Å². The summed E-state index contributed by atoms with van der Waals surface area (Å²) in [5.74, 6) is -0.432. The molecule has 2 aliphatic rings. The summed E-state index contributed by atoms with van der Waals surface area (Å²) in [6, 6.07) is 0.832. The Bertz CT molecular complexity index is 461. The van der Waals surface area contributed by atoms with Crippen molar-refractivity contribution in [3.63, 3.8) is 0 Å². The number of piperazine rings is 1. The van der Waals surface area contributed by atoms with Crippen LogP contribution >= 0.6 is 11.3 Å². The Balaban J connectivity index is 1.49. The largest absolute Gasteiger partial charge is 0.364 e. The summed E-state index contributed by atoms with van der Waals surface area (Å²) < 4.78 is 0. The van der Waals surface area contributed by atoms with E-state index >= 15 is 0 Å². The fourth-order valence-corrected chi connectivity index (χ4v) is 4.07. The lowest BCUT2D eigenvalue weighted by atomic mass is 10.2. The molecular formula is C14H22N4OS. The van der Waals surface area contributed by atoms with Crippen LogP contribution in [0.1, 0.15) is 41.2 Å². The Hall–Kier alpha value is -0.980. The van der Waals surface area contributed by atoms with E-state index in [1.54, 1.807) is 5.38 Å². The van der Waals surface area contributed by atoms with Crippen LogP contribution in [0.4, 0.5) is 0 Å². The number of hydrogen-bond acceptors (Lipinski definition) is 5. The standard InChI is InChI=1S/C14H22N4OS/c15-14(19)12-10-20-13(16-12)9-17-5-7-18(8-6-17)11-3-1-2-4-11/h10-11H,1-9H2,(H2,15,19). The first-order valence-electron chi connectivity index (χ1n) is 7.43. The number of aromatic nitrogens is 1. The quantitative estimate of drug-likeness (QED) is 0.909. The molecule has 3 rings (SSSR count). The molecule has 0 radical (unpaired) electrons. The van der Waals surface area contributed by atoms with E-state index in [2.05, 4.69) is 14.8 Å². The van der Waals surface area contributed by atoms with E-state index in [0.717, 1.165) is 30.7 Å². The minimum absolute atomic E-state index is 0.398. The molecule has 1 saturated carbocycles. The number of amides is 1. The van der Waals surface area contributed by atoms with Gasteiger partial charge in [0.25, 0.3) is 5.91 Å². The number of nitrogens with zero attached hydrogens (tertiary/aromatic N) is 3. The van der Waals surface area contributed by atoms with E-state index in [-0.39, 0.29) is 0 Å². The summed E-state index contributed by atoms with van der Waals surface area (Å²) in [7, 11) is 0. The summed E-state index contributed by atoms with van der Waals surface area (Å²) in [6.07, 6.45) is 5.57. The summed E-state index contributed by atoms with van der Waals surface area (Å²) in [5.41, 5.74) is 5.63. The van der Waals surface area contributed by atoms with Crippen LogP contribution in [0.25, 0.3) is 0 Å². The highest BCUT2D eigenvalue weighted by molar-refractivity contribution is 7.09. The molecule has 1 aromatic rings. The van der Waals surface area contributed by atoms with Crippen molar-refractivity contribution >= 4 is 17.2 Å². The van der Waals surface area contributed by atoms with Gasteiger partial charge in [0.05, 0.1) is 6.54 Å². The van der Waals surface area contributed by atoms with E-state index in [9.17, 15) is 4.79 Å². The van der Waals surface area contributed by atoms with E-state index < -0.39 is 5.91 Å². The molecule has 1 aromatic heterocycles. The van der Waals surface area contributed by atoms with Gasteiger partial charge in [-0.1, -0.05) is 12.8 Å². The van der Waals surface area contributed by atoms with Gasteiger partial charge in [0.1, 0.15) is 10.7 Å². The first-order valence-corrected chi connectivity index (χ1v) is 8.31. The Labute approximate surface area is 123 Å². The molecule has 20 heavy (non-hydrogen) atoms. The van der Waals surface area contributed by atoms with Gasteiger partial charge in [0.2, 0.25) is 0 Å². The van der Waals surface area contributed by atoms with E-state index in [0.29, 0.717) is 5.69 Å². The molecule has 0 bridgehead atoms. The van der Waals surface area contributed by atoms with Crippen LogP contribution in [-0.4, -0.2) is 52.9 Å². The average Bonchev–Trinajstić information content (AvgIpc) is 3.10. The fraction of sp³-hybridized carbons (Fsp3) is 0.714. The van der Waals surface area contributed by atoms with Gasteiger partial charge >= 0.3 is 0 Å². The van der Waals surface area contributed by atoms with Crippen LogP contribution in [0.15, 0.2) is 5.38 Å². The van der Waals surface area contributed by atoms with Crippen LogP contribution in [0, 0.1) is 0 Å². The average molecular weight is 294 g/mol. The lowest BCUT2D eigenvalue weighted by Crippen LogP contribution is -2.49. The van der Waals surface area contributed by atoms with Crippen molar-refractivity contribution in [2.75, 3.05) is 26.2 Å². The number of primary amides is 1. The van der Waals surface area contributed by atoms with Crippen molar-refractivity contribution in [3.05, 3.63) is 16.1 Å². The maximum Gasteiger partial charge on any atom is 0.268 e. The summed E-state index contributed by atoms with van der Waals surface area (Å²) >= 11 is 1.53. The second-order valence-electron chi connectivity index (χ2n) is 5.74. The summed E-state index contributed by atoms with van der Waals surface area (Å²) in [6.45, 7) is 5.37. The van der Waals surface area contributed by atoms with Crippen molar-refractivity contribution in [3.8, 4) is 0 Å². The van der Waals surface area contributed by atoms with Gasteiger partial charge in [0.15, 0.2) is 0 Å². The summed E-state index contributed by atoms with van der Waals surface area (Å²) in [4.78, 5) is 20.4. The van der Waals surface area contributed by atoms with Gasteiger partial charge in [-0.2, -0.15) is 0 Å². The number of carbonyl (C=O) groups excluding carboxylic acids is 1. The topological polar surface area (TPSA) is 62.5 Å². The number of nitrogens with two attached hydrogens (primary N) is 1. The number of thiazole rings is 1. The molecular weight excluding hydrogens is 272 g/mol. The Morgan fingerprint density at radius 1 is 1.30 bits per heavy atom. The van der Waals surface area contributed by atoms with Crippen molar-refractivity contribution in [2.45, 2.75) is 38.3 Å². The lowest BCUT2D eigenvalue weighted by molar-refractivity contribution is 0.0934. The number of rotatable bonds is 4. The molecule has 2 heterocycles. The molecule has 1 amide bonds. The molecule has 2 fully saturated rings. The maximum atomic E-state index is 11.0. The van der Waals surface area contributed by atoms with Crippen molar-refractivity contribution < 1.29 is 4.79 Å². The molecule has 1 saturated heterocycles. The molecule has 1 aliphatic heterocycles. The zero-order valence-electron chi connectivity index (χ0n) is 11.8. The molecule has 0 aromatic carbocycles. The predicted molar refractivity (Wildman–Crippen MR) is 79.7 cm³/mol. The zero-order valence-corrected chi connectivity index (χ0v) is 12.6. The molecule has 0 spiro atoms. The van der Waals surface area contributed by atoms with Crippen molar-refractivity contribution in [1.82, 2.24) is 14.8 Å². The predicted octanol–water partition coefficient (Wildman–Crippen LogP) is 1.30. The number of carbonyl (C=O) groups is 1. The molecule has 6 heteroatoms. The van der Waals surface area contributed by atoms with Crippen LogP contribution in [0.2, 0.25) is 0 Å². The highest BCUT2D eigenvalue weighted by atomic mass is 32.1. The van der Waals surface area contributed by atoms with Gasteiger partial charge in [-0.15, -0.1) is 11.3 Å². The highest BCUT2D eigenvalue weighted by Gasteiger charge is 2.26. The summed E-state index contributed by atoms with van der Waals surface area (Å²) in [5, 5.41) is 2.75. The third kappa shape index (κ3) is 3.19. The second-order valence-corrected chi connectivity index (χ2v) is 6.68. The van der Waals surface area contributed by atoms with Crippen molar-refractivity contribution in [1.29, 1.82) is 0 Å². The molecule has 0 atom stereocenters. The van der Waals surface area contributed by atoms with Crippen LogP contribution < -0.4 is 5.73 Å². The van der Waals surface area contributed by atoms with Crippen LogP contribution in [0.3, 0.4) is 0 Å². The monoisotopic (exact) mass is 294 g/mol. The lowest BCUT2D eigenvalue weighted by Gasteiger charge is -2.37. The first kappa shape index (κ1) is 14.0. The Morgan fingerprint density at radius 3 is 2.60 bits per heavy atom. The minimum Gasteiger partial charge on any atom is -0.364 e. The SMILES string of the molecule is NC(=O)c1csc(CN2CCN(C3CCCC3)CC2)n1. The van der Waals surface area contributed by atoms with Crippen molar-refractivity contribution in [2.24, 2.45) is 5.73 Å². The van der Waals surface area contributed by atoms with Gasteiger partial charge in [0, 0.05) is 37.6 Å². The minimum atomic E-state index is -0.432. The molecule has 110 valence electrons. The second kappa shape index (κ2) is 6.20.